The van der Waals surface area contributed by atoms with Gasteiger partial charge in [-0.3, -0.25) is 0 Å². The maximum absolute atomic E-state index is 13.2. The molecule has 0 radical (unpaired) electrons. The molecule has 8 nitrogen and oxygen atoms in total. The van der Waals surface area contributed by atoms with Gasteiger partial charge >= 0.3 is 139 Å². The van der Waals surface area contributed by atoms with Crippen molar-refractivity contribution < 1.29 is 149 Å². The summed E-state index contributed by atoms with van der Waals surface area (Å²) in [4.78, 5) is 53.0. The second-order valence-electron chi connectivity index (χ2n) is 16.8. The van der Waals surface area contributed by atoms with Gasteiger partial charge < -0.3 is 69.9 Å². The Hall–Kier alpha value is -1.46. The van der Waals surface area contributed by atoms with Crippen molar-refractivity contribution in [3.05, 3.63) is 295 Å². The third kappa shape index (κ3) is 19.8. The van der Waals surface area contributed by atoms with E-state index < -0.39 is 43.1 Å². The molecule has 408 valence electrons. The number of hydrogen-bond donors (Lipinski definition) is 0. The number of hydrogen-bond acceptors (Lipinski definition) is 6. The minimum atomic E-state index is -5.33. The molecule has 0 heterocycles. The Morgan fingerprint density at radius 2 is 0.556 bits per heavy atom. The topological polar surface area (TPSA) is 174 Å². The Bertz CT molecular complexity index is 3230. The van der Waals surface area contributed by atoms with Gasteiger partial charge in [0.05, 0.1) is 15.8 Å². The molecule has 0 bridgehead atoms. The van der Waals surface area contributed by atoms with Crippen molar-refractivity contribution >= 4 is 114 Å². The zero-order chi connectivity index (χ0) is 51.5. The van der Waals surface area contributed by atoms with Crippen molar-refractivity contribution in [1.82, 2.24) is 0 Å². The van der Waals surface area contributed by atoms with Crippen molar-refractivity contribution in [3.63, 3.8) is 0 Å². The van der Waals surface area contributed by atoms with E-state index in [1.165, 1.54) is 0 Å². The maximum atomic E-state index is 13.2. The molecule has 0 spiro atoms. The van der Waals surface area contributed by atoms with E-state index in [1.54, 1.807) is 36.4 Å². The molecule has 10 aromatic carbocycles. The van der Waals surface area contributed by atoms with Crippen LogP contribution in [0.5, 0.6) is 0 Å². The molecule has 0 unspecified atom stereocenters. The van der Waals surface area contributed by atoms with Gasteiger partial charge in [-0.2, -0.15) is 0 Å². The van der Waals surface area contributed by atoms with Gasteiger partial charge in [0, 0.05) is 11.1 Å². The van der Waals surface area contributed by atoms with E-state index in [4.69, 9.17) is 30.8 Å². The maximum Gasteiger partial charge on any atom is 2.00 e. The van der Waals surface area contributed by atoms with Crippen LogP contribution in [0.15, 0.2) is 243 Å². The molecule has 0 aliphatic rings. The molecule has 10 aromatic rings. The summed E-state index contributed by atoms with van der Waals surface area (Å²) in [5.74, 6) is 0. The van der Waals surface area contributed by atoms with E-state index >= 15 is 0 Å². The average molecular weight is 1590 g/mol. The fraction of sp³-hybridized carbons (Fsp3) is 0.0323. The number of fused-ring (bicyclic) bond motifs is 2. The minimum Gasteiger partial charge on any atom is -0.672 e. The number of benzene rings is 10. The number of nitrogens with one attached hydrogen (secondary N) is 2. The summed E-state index contributed by atoms with van der Waals surface area (Å²) in [6.45, 7) is 0. The van der Waals surface area contributed by atoms with E-state index in [1.807, 2.05) is 206 Å². The molecule has 19 heteroatoms. The summed E-state index contributed by atoms with van der Waals surface area (Å²) in [5.41, 5.74) is 19.3. The second-order valence-corrected chi connectivity index (χ2v) is 27.2. The number of rotatable bonds is 12. The van der Waals surface area contributed by atoms with Gasteiger partial charge in [-0.1, -0.05) is 193 Å². The quantitative estimate of drug-likeness (QED) is 0.0668. The predicted octanol–water partition coefficient (Wildman–Crippen LogP) is 11.5. The third-order valence-electron chi connectivity index (χ3n) is 12.3. The van der Waals surface area contributed by atoms with E-state index in [9.17, 15) is 28.7 Å². The number of halogens is 2. The fourth-order valence-electron chi connectivity index (χ4n) is 9.18. The van der Waals surface area contributed by atoms with Crippen LogP contribution in [0.25, 0.3) is 44.1 Å². The summed E-state index contributed by atoms with van der Waals surface area (Å²) in [6.07, 6.45) is 0. The zero-order valence-electron chi connectivity index (χ0n) is 44.7. The molecule has 2 N–H and O–H groups in total. The first-order valence-corrected chi connectivity index (χ1v) is 33.4. The molecule has 0 saturated heterocycles. The molecule has 0 aliphatic carbocycles. The van der Waals surface area contributed by atoms with E-state index in [0.29, 0.717) is 32.5 Å². The molecule has 0 aromatic heterocycles. The van der Waals surface area contributed by atoms with E-state index in [2.05, 4.69) is 0 Å². The van der Waals surface area contributed by atoms with Crippen LogP contribution in [-0.2, 0) is 129 Å². The fourth-order valence-corrected chi connectivity index (χ4v) is 16.6. The van der Waals surface area contributed by atoms with Crippen LogP contribution in [-0.4, -0.2) is 0 Å². The van der Waals surface area contributed by atoms with Crippen LogP contribution in [0.2, 0.25) is 0 Å². The monoisotopic (exact) mass is 1580 g/mol. The van der Waals surface area contributed by atoms with Crippen LogP contribution in [0.1, 0.15) is 23.2 Å². The van der Waals surface area contributed by atoms with Crippen LogP contribution < -0.4 is 62.0 Å². The summed E-state index contributed by atoms with van der Waals surface area (Å²) in [7, 11) is -5.08. The zero-order valence-corrected chi connectivity index (χ0v) is 61.6. The van der Waals surface area contributed by atoms with Crippen molar-refractivity contribution in [2.75, 3.05) is 0 Å². The average Bonchev–Trinajstić information content (AvgIpc) is 3.55. The van der Waals surface area contributed by atoms with Crippen LogP contribution >= 0.6 is 50.4 Å². The van der Waals surface area contributed by atoms with Crippen LogP contribution in [0, 0.1) is 29.7 Å². The van der Waals surface area contributed by atoms with Gasteiger partial charge in [0.2, 0.25) is 0 Å². The van der Waals surface area contributed by atoms with Gasteiger partial charge in [0.1, 0.15) is 31.8 Å². The van der Waals surface area contributed by atoms with Gasteiger partial charge in [0.25, 0.3) is 0 Å². The Balaban J connectivity index is 0.00000204. The molecular weight excluding hydrogens is 1530 g/mol. The van der Waals surface area contributed by atoms with Gasteiger partial charge in [-0.25, -0.2) is 0 Å². The molecule has 2 atom stereocenters. The van der Waals surface area contributed by atoms with Crippen LogP contribution in [0.4, 0.5) is 0 Å². The molecule has 0 aliphatic heterocycles. The van der Waals surface area contributed by atoms with Crippen molar-refractivity contribution in [2.45, 2.75) is 12.1 Å². The predicted molar refractivity (Wildman–Crippen MR) is 326 cm³/mol. The van der Waals surface area contributed by atoms with E-state index in [-0.39, 0.29) is 171 Å². The Morgan fingerprint density at radius 1 is 0.358 bits per heavy atom. The SMILES string of the molecule is O=P([O-])([O-])c1cc([PH+](c2ccccc2)c2ccccc2)c(-c2c([PH+](c3ccccc3)c3ccccc3)cc(P(=O)([O-])[O-])c3ccccc23)c2ccccc12.[CH3-].[CH3-].[CH3-].[CH3-].[Cl][Ru+2][Cl].[NH-][C@H](c1ccccc1)[C@H]([NH-])c1ccccc1.[Zr+2].[Zr+2].[Zr+2].[Zr+2]. The molecular formula is C62H58Cl2N2O6P4RuZr4+2. The first-order valence-electron chi connectivity index (χ1n) is 22.8. The Labute approximate surface area is 574 Å². The normalized spacial score (nSPS) is 11.2. The van der Waals surface area contributed by atoms with Crippen molar-refractivity contribution in [3.8, 4) is 11.1 Å². The molecule has 0 amide bonds. The summed E-state index contributed by atoms with van der Waals surface area (Å²) in [6, 6.07) is 74.6. The minimum absolute atomic E-state index is 0. The van der Waals surface area contributed by atoms with Gasteiger partial charge in [-0.05, 0) is 108 Å². The van der Waals surface area contributed by atoms with Crippen LogP contribution in [0.3, 0.4) is 0 Å². The van der Waals surface area contributed by atoms with Gasteiger partial charge in [-0.15, -0.1) is 12.1 Å². The molecule has 81 heavy (non-hydrogen) atoms. The Kier molecular flexibility index (Phi) is 37.3. The largest absolute Gasteiger partial charge is 2.00 e. The Morgan fingerprint density at radius 3 is 0.778 bits per heavy atom. The third-order valence-corrected chi connectivity index (χ3v) is 19.8. The molecule has 0 saturated carbocycles. The summed E-state index contributed by atoms with van der Waals surface area (Å²) < 4.78 is 26.5. The molecule has 0 fully saturated rings. The second kappa shape index (κ2) is 38.0. The summed E-state index contributed by atoms with van der Waals surface area (Å²) >= 11 is -0.346. The molecule has 10 rings (SSSR count). The van der Waals surface area contributed by atoms with E-state index in [0.717, 1.165) is 32.3 Å². The summed E-state index contributed by atoms with van der Waals surface area (Å²) in [5, 5.41) is 6.21. The smallest absolute Gasteiger partial charge is 0.672 e. The standard InChI is InChI=1S/C44H34O6P4.C14H14N2.4CH3.2ClH.Ru.4Zr/c45-53(46,47)41-29-39(51(31-17-5-1-6-18-31)32-19-7-2-8-20-32)43(37-27-15-13-25-35(37)41)44-38-28-16-14-26-36(38)42(54(48,49)50)30-40(44)52(33-21-9-3-10-22-33)34-23-11-4-12-24-34;15-13(11-7-3-1-4-8-11)14(16)12-9-5-2-6-10-12;;;;;;;;;;;/h1-30H,(H2,45,46,47)(H2,48,49,50);1-10,13-16H;4*1H3;2*1H;;;;;/q;-2;4*-1;;;+4;4*+2/p-4/t;13-,14-;;;;;;;;;;;/m.1.........../s1. The first kappa shape index (κ1) is 79.5. The van der Waals surface area contributed by atoms with Crippen molar-refractivity contribution in [1.29, 1.82) is 0 Å². The van der Waals surface area contributed by atoms with Gasteiger partial charge in [0.15, 0.2) is 0 Å². The van der Waals surface area contributed by atoms with Crippen molar-refractivity contribution in [2.24, 2.45) is 0 Å². The first-order chi connectivity index (χ1) is 35.3.